The molecule has 8 nitrogen and oxygen atoms in total. The van der Waals surface area contributed by atoms with Crippen LogP contribution < -0.4 is 15.4 Å². The number of benzene rings is 1. The van der Waals surface area contributed by atoms with Crippen molar-refractivity contribution in [3.05, 3.63) is 42.2 Å². The molecule has 0 spiro atoms. The largest absolute Gasteiger partial charge is 0.492 e. The van der Waals surface area contributed by atoms with Crippen molar-refractivity contribution in [3.63, 3.8) is 0 Å². The van der Waals surface area contributed by atoms with Crippen LogP contribution in [0.15, 0.2) is 41.6 Å². The second kappa shape index (κ2) is 9.56. The zero-order valence-corrected chi connectivity index (χ0v) is 16.4. The number of ether oxygens (including phenoxy) is 1. The fourth-order valence-corrected chi connectivity index (χ4v) is 2.90. The number of sulfone groups is 1. The van der Waals surface area contributed by atoms with Crippen LogP contribution in [0.1, 0.15) is 11.6 Å². The molecule has 0 fully saturated rings. The Morgan fingerprint density at radius 3 is 2.46 bits per heavy atom. The number of hydrogen-bond acceptors (Lipinski definition) is 6. The van der Waals surface area contributed by atoms with Gasteiger partial charge in [0, 0.05) is 25.1 Å². The standard InChI is InChI=1S/C16H22N4O4S.ClH/c1-17-15(12-10-19-20(2)11-12)16(21)18-8-9-24-13-4-6-14(7-5-13)25(3,22)23;/h4-7,10-11,15,17H,8-9H2,1-3H3,(H,18,21);1H. The molecule has 1 atom stereocenters. The Morgan fingerprint density at radius 1 is 1.31 bits per heavy atom. The highest BCUT2D eigenvalue weighted by Crippen LogP contribution is 2.15. The van der Waals surface area contributed by atoms with E-state index < -0.39 is 15.9 Å². The van der Waals surface area contributed by atoms with Gasteiger partial charge in [0.15, 0.2) is 9.84 Å². The van der Waals surface area contributed by atoms with Crippen molar-refractivity contribution in [2.24, 2.45) is 7.05 Å². The number of amides is 1. The lowest BCUT2D eigenvalue weighted by atomic mass is 10.1. The Labute approximate surface area is 159 Å². The normalized spacial score (nSPS) is 12.1. The molecule has 0 saturated heterocycles. The molecule has 0 saturated carbocycles. The summed E-state index contributed by atoms with van der Waals surface area (Å²) in [6, 6.07) is 5.67. The van der Waals surface area contributed by atoms with Gasteiger partial charge in [-0.2, -0.15) is 5.10 Å². The number of likely N-dealkylation sites (N-methyl/N-ethyl adjacent to an activating group) is 1. The summed E-state index contributed by atoms with van der Waals surface area (Å²) in [5, 5.41) is 9.79. The first kappa shape index (κ1) is 21.9. The van der Waals surface area contributed by atoms with Crippen molar-refractivity contribution < 1.29 is 17.9 Å². The maximum atomic E-state index is 12.2. The Bertz CT molecular complexity index is 821. The van der Waals surface area contributed by atoms with Crippen molar-refractivity contribution in [1.82, 2.24) is 20.4 Å². The molecule has 0 bridgehead atoms. The van der Waals surface area contributed by atoms with Gasteiger partial charge in [0.05, 0.1) is 17.6 Å². The molecule has 0 aliphatic rings. The molecule has 10 heteroatoms. The number of halogens is 1. The molecule has 2 rings (SSSR count). The van der Waals surface area contributed by atoms with Crippen LogP contribution in [0, 0.1) is 0 Å². The SMILES string of the molecule is CNC(C(=O)NCCOc1ccc(S(C)(=O)=O)cc1)c1cnn(C)c1.Cl. The number of hydrogen-bond donors (Lipinski definition) is 2. The second-order valence-corrected chi connectivity index (χ2v) is 7.57. The monoisotopic (exact) mass is 402 g/mol. The minimum Gasteiger partial charge on any atom is -0.492 e. The number of nitrogens with zero attached hydrogens (tertiary/aromatic N) is 2. The van der Waals surface area contributed by atoms with Gasteiger partial charge < -0.3 is 15.4 Å². The van der Waals surface area contributed by atoms with Gasteiger partial charge in [-0.1, -0.05) is 0 Å². The number of rotatable bonds is 8. The molecule has 0 aliphatic carbocycles. The fourth-order valence-electron chi connectivity index (χ4n) is 2.27. The van der Waals surface area contributed by atoms with Crippen LogP contribution >= 0.6 is 12.4 Å². The molecule has 1 amide bonds. The first-order valence-electron chi connectivity index (χ1n) is 7.67. The van der Waals surface area contributed by atoms with E-state index in [-0.39, 0.29) is 29.8 Å². The molecule has 144 valence electrons. The van der Waals surface area contributed by atoms with E-state index in [1.807, 2.05) is 0 Å². The maximum absolute atomic E-state index is 12.2. The van der Waals surface area contributed by atoms with E-state index in [9.17, 15) is 13.2 Å². The topological polar surface area (TPSA) is 102 Å². The van der Waals surface area contributed by atoms with E-state index in [0.29, 0.717) is 12.3 Å². The summed E-state index contributed by atoms with van der Waals surface area (Å²) in [6.45, 7) is 0.596. The number of aromatic nitrogens is 2. The quantitative estimate of drug-likeness (QED) is 0.630. The smallest absolute Gasteiger partial charge is 0.241 e. The lowest BCUT2D eigenvalue weighted by molar-refractivity contribution is -0.123. The van der Waals surface area contributed by atoms with Crippen molar-refractivity contribution in [2.75, 3.05) is 26.5 Å². The fraction of sp³-hybridized carbons (Fsp3) is 0.375. The first-order valence-corrected chi connectivity index (χ1v) is 9.57. The minimum absolute atomic E-state index is 0. The van der Waals surface area contributed by atoms with Gasteiger partial charge in [0.25, 0.3) is 0 Å². The summed E-state index contributed by atoms with van der Waals surface area (Å²) in [5.74, 6) is 0.366. The third-order valence-corrected chi connectivity index (χ3v) is 4.66. The second-order valence-electron chi connectivity index (χ2n) is 5.55. The van der Waals surface area contributed by atoms with Gasteiger partial charge in [-0.25, -0.2) is 8.42 Å². The van der Waals surface area contributed by atoms with E-state index in [2.05, 4.69) is 15.7 Å². The zero-order valence-electron chi connectivity index (χ0n) is 14.8. The molecule has 0 radical (unpaired) electrons. The van der Waals surface area contributed by atoms with Crippen molar-refractivity contribution in [1.29, 1.82) is 0 Å². The van der Waals surface area contributed by atoms with E-state index in [1.165, 1.54) is 12.1 Å². The number of carbonyl (C=O) groups excluding carboxylic acids is 1. The van der Waals surface area contributed by atoms with Crippen molar-refractivity contribution >= 4 is 28.2 Å². The van der Waals surface area contributed by atoms with E-state index >= 15 is 0 Å². The van der Waals surface area contributed by atoms with Crippen LogP contribution in [-0.2, 0) is 21.7 Å². The average Bonchev–Trinajstić information content (AvgIpc) is 2.98. The summed E-state index contributed by atoms with van der Waals surface area (Å²) in [4.78, 5) is 12.5. The minimum atomic E-state index is -3.22. The van der Waals surface area contributed by atoms with Gasteiger partial charge in [0.2, 0.25) is 5.91 Å². The average molecular weight is 403 g/mol. The van der Waals surface area contributed by atoms with Crippen molar-refractivity contribution in [3.8, 4) is 5.75 Å². The molecule has 1 heterocycles. The van der Waals surface area contributed by atoms with Gasteiger partial charge >= 0.3 is 0 Å². The van der Waals surface area contributed by atoms with Crippen LogP contribution in [0.4, 0.5) is 0 Å². The molecular formula is C16H23ClN4O4S. The molecule has 26 heavy (non-hydrogen) atoms. The molecule has 1 unspecified atom stereocenters. The Morgan fingerprint density at radius 2 is 1.96 bits per heavy atom. The Hall–Kier alpha value is -2.10. The lowest BCUT2D eigenvalue weighted by Crippen LogP contribution is -2.37. The zero-order chi connectivity index (χ0) is 18.4. The van der Waals surface area contributed by atoms with E-state index in [4.69, 9.17) is 4.74 Å². The molecule has 0 aliphatic heterocycles. The molecule has 1 aromatic heterocycles. The third kappa shape index (κ3) is 6.01. The summed E-state index contributed by atoms with van der Waals surface area (Å²) in [7, 11) is 0.275. The van der Waals surface area contributed by atoms with Crippen LogP contribution in [0.5, 0.6) is 5.75 Å². The van der Waals surface area contributed by atoms with E-state index in [0.717, 1.165) is 11.8 Å². The molecule has 1 aromatic carbocycles. The highest BCUT2D eigenvalue weighted by atomic mass is 35.5. The van der Waals surface area contributed by atoms with E-state index in [1.54, 1.807) is 43.3 Å². The first-order chi connectivity index (χ1) is 11.8. The number of aryl methyl sites for hydroxylation is 1. The maximum Gasteiger partial charge on any atom is 0.241 e. The third-order valence-electron chi connectivity index (χ3n) is 3.53. The van der Waals surface area contributed by atoms with Gasteiger partial charge in [0.1, 0.15) is 18.4 Å². The highest BCUT2D eigenvalue weighted by molar-refractivity contribution is 7.90. The molecule has 2 aromatic rings. The van der Waals surface area contributed by atoms with Gasteiger partial charge in [-0.05, 0) is 31.3 Å². The van der Waals surface area contributed by atoms with Crippen molar-refractivity contribution in [2.45, 2.75) is 10.9 Å². The summed E-state index contributed by atoms with van der Waals surface area (Å²) < 4.78 is 29.9. The predicted octanol–water partition coefficient (Wildman–Crippen LogP) is 0.701. The van der Waals surface area contributed by atoms with Crippen LogP contribution in [0.2, 0.25) is 0 Å². The predicted molar refractivity (Wildman–Crippen MR) is 100 cm³/mol. The highest BCUT2D eigenvalue weighted by Gasteiger charge is 2.19. The number of nitrogens with one attached hydrogen (secondary N) is 2. The summed E-state index contributed by atoms with van der Waals surface area (Å²) in [6.07, 6.45) is 4.57. The summed E-state index contributed by atoms with van der Waals surface area (Å²) >= 11 is 0. The lowest BCUT2D eigenvalue weighted by Gasteiger charge is -2.14. The van der Waals surface area contributed by atoms with Crippen LogP contribution in [0.25, 0.3) is 0 Å². The Balaban J connectivity index is 0.00000338. The van der Waals surface area contributed by atoms with Crippen LogP contribution in [0.3, 0.4) is 0 Å². The van der Waals surface area contributed by atoms with Gasteiger partial charge in [-0.15, -0.1) is 12.4 Å². The number of carbonyl (C=O) groups is 1. The molecular weight excluding hydrogens is 380 g/mol. The van der Waals surface area contributed by atoms with Gasteiger partial charge in [-0.3, -0.25) is 9.48 Å². The Kier molecular flexibility index (Phi) is 8.07. The summed E-state index contributed by atoms with van der Waals surface area (Å²) in [5.41, 5.74) is 0.778. The molecule has 2 N–H and O–H groups in total. The van der Waals surface area contributed by atoms with Crippen LogP contribution in [-0.4, -0.2) is 50.6 Å².